The van der Waals surface area contributed by atoms with Crippen LogP contribution in [-0.2, 0) is 4.79 Å². The van der Waals surface area contributed by atoms with Crippen LogP contribution in [-0.4, -0.2) is 18.2 Å². The maximum atomic E-state index is 11.9. The van der Waals surface area contributed by atoms with Gasteiger partial charge in [0.2, 0.25) is 0 Å². The van der Waals surface area contributed by atoms with E-state index in [9.17, 15) is 4.79 Å². The Morgan fingerprint density at radius 2 is 1.72 bits per heavy atom. The third-order valence-electron chi connectivity index (χ3n) is 3.97. The summed E-state index contributed by atoms with van der Waals surface area (Å²) < 4.78 is 5.51. The molecule has 126 valence electrons. The summed E-state index contributed by atoms with van der Waals surface area (Å²) in [6.45, 7) is 3.74. The van der Waals surface area contributed by atoms with E-state index in [1.807, 2.05) is 62.4 Å². The standard InChI is InChI=1S/C21H20N2O2/c1-15-7-3-6-10-20(15)25-14-21(24)23-22-16(2)18-12-11-17-8-4-5-9-19(17)13-18/h3-13H,14H2,1-2H3,(H,23,24)/b22-16-. The highest BCUT2D eigenvalue weighted by atomic mass is 16.5. The number of hydrazone groups is 1. The summed E-state index contributed by atoms with van der Waals surface area (Å²) in [6.07, 6.45) is 0. The van der Waals surface area contributed by atoms with Gasteiger partial charge in [-0.15, -0.1) is 0 Å². The van der Waals surface area contributed by atoms with Crippen LogP contribution in [0.4, 0.5) is 0 Å². The Kier molecular flexibility index (Phi) is 5.09. The highest BCUT2D eigenvalue weighted by molar-refractivity contribution is 6.02. The summed E-state index contributed by atoms with van der Waals surface area (Å²) in [5.41, 5.74) is 5.25. The monoisotopic (exact) mass is 332 g/mol. The lowest BCUT2D eigenvalue weighted by Crippen LogP contribution is -2.25. The molecule has 4 nitrogen and oxygen atoms in total. The molecule has 0 heterocycles. The molecular weight excluding hydrogens is 312 g/mol. The molecule has 0 atom stereocenters. The van der Waals surface area contributed by atoms with Gasteiger partial charge < -0.3 is 4.74 Å². The van der Waals surface area contributed by atoms with Crippen LogP contribution in [0, 0.1) is 6.92 Å². The lowest BCUT2D eigenvalue weighted by molar-refractivity contribution is -0.123. The molecule has 1 amide bonds. The number of carbonyl (C=O) groups is 1. The molecule has 0 bridgehead atoms. The Balaban J connectivity index is 1.62. The fourth-order valence-corrected chi connectivity index (χ4v) is 2.52. The van der Waals surface area contributed by atoms with E-state index in [-0.39, 0.29) is 12.5 Å². The number of rotatable bonds is 5. The summed E-state index contributed by atoms with van der Waals surface area (Å²) in [7, 11) is 0. The zero-order valence-corrected chi connectivity index (χ0v) is 14.3. The maximum absolute atomic E-state index is 11.9. The number of hydrogen-bond donors (Lipinski definition) is 1. The van der Waals surface area contributed by atoms with Crippen LogP contribution in [0.25, 0.3) is 10.8 Å². The Morgan fingerprint density at radius 1 is 1.00 bits per heavy atom. The van der Waals surface area contributed by atoms with Gasteiger partial charge in [-0.2, -0.15) is 5.10 Å². The molecule has 25 heavy (non-hydrogen) atoms. The second-order valence-electron chi connectivity index (χ2n) is 5.85. The van der Waals surface area contributed by atoms with Crippen molar-refractivity contribution in [2.24, 2.45) is 5.10 Å². The average molecular weight is 332 g/mol. The number of nitrogens with one attached hydrogen (secondary N) is 1. The highest BCUT2D eigenvalue weighted by Crippen LogP contribution is 2.17. The average Bonchev–Trinajstić information content (AvgIpc) is 2.65. The summed E-state index contributed by atoms with van der Waals surface area (Å²) >= 11 is 0. The molecule has 3 aromatic rings. The molecule has 0 unspecified atom stereocenters. The molecular formula is C21H20N2O2. The van der Waals surface area contributed by atoms with Crippen LogP contribution in [0.3, 0.4) is 0 Å². The van der Waals surface area contributed by atoms with E-state index >= 15 is 0 Å². The molecule has 0 aliphatic rings. The fraction of sp³-hybridized carbons (Fsp3) is 0.143. The van der Waals surface area contributed by atoms with Crippen molar-refractivity contribution in [3.63, 3.8) is 0 Å². The topological polar surface area (TPSA) is 50.7 Å². The van der Waals surface area contributed by atoms with Gasteiger partial charge in [-0.1, -0.05) is 54.6 Å². The number of amides is 1. The summed E-state index contributed by atoms with van der Waals surface area (Å²) in [4.78, 5) is 11.9. The number of benzene rings is 3. The lowest BCUT2D eigenvalue weighted by atomic mass is 10.0. The van der Waals surface area contributed by atoms with Gasteiger partial charge in [0.1, 0.15) is 5.75 Å². The van der Waals surface area contributed by atoms with E-state index in [2.05, 4.69) is 28.7 Å². The van der Waals surface area contributed by atoms with E-state index in [0.717, 1.165) is 22.2 Å². The molecule has 4 heteroatoms. The molecule has 1 N–H and O–H groups in total. The van der Waals surface area contributed by atoms with Gasteiger partial charge in [-0.25, -0.2) is 5.43 Å². The molecule has 3 rings (SSSR count). The van der Waals surface area contributed by atoms with Crippen LogP contribution in [0.5, 0.6) is 5.75 Å². The third-order valence-corrected chi connectivity index (χ3v) is 3.97. The number of hydrogen-bond acceptors (Lipinski definition) is 3. The summed E-state index contributed by atoms with van der Waals surface area (Å²) in [6, 6.07) is 21.8. The zero-order valence-electron chi connectivity index (χ0n) is 14.3. The second kappa shape index (κ2) is 7.62. The van der Waals surface area contributed by atoms with Crippen LogP contribution >= 0.6 is 0 Å². The number of nitrogens with zero attached hydrogens (tertiary/aromatic N) is 1. The summed E-state index contributed by atoms with van der Waals surface area (Å²) in [5, 5.41) is 6.49. The van der Waals surface area contributed by atoms with Crippen molar-refractivity contribution in [2.75, 3.05) is 6.61 Å². The Bertz CT molecular complexity index is 932. The molecule has 0 saturated heterocycles. The number of para-hydroxylation sites is 1. The highest BCUT2D eigenvalue weighted by Gasteiger charge is 2.05. The van der Waals surface area contributed by atoms with Gasteiger partial charge in [-0.3, -0.25) is 4.79 Å². The van der Waals surface area contributed by atoms with Crippen molar-refractivity contribution in [2.45, 2.75) is 13.8 Å². The van der Waals surface area contributed by atoms with Gasteiger partial charge >= 0.3 is 0 Å². The van der Waals surface area contributed by atoms with Crippen molar-refractivity contribution in [3.05, 3.63) is 77.9 Å². The number of aryl methyl sites for hydroxylation is 1. The van der Waals surface area contributed by atoms with Crippen molar-refractivity contribution in [1.29, 1.82) is 0 Å². The maximum Gasteiger partial charge on any atom is 0.277 e. The molecule has 0 fully saturated rings. The van der Waals surface area contributed by atoms with Crippen LogP contribution < -0.4 is 10.2 Å². The van der Waals surface area contributed by atoms with E-state index in [4.69, 9.17) is 4.74 Å². The minimum atomic E-state index is -0.289. The lowest BCUT2D eigenvalue weighted by Gasteiger charge is -2.08. The van der Waals surface area contributed by atoms with E-state index in [1.165, 1.54) is 5.39 Å². The predicted octanol–water partition coefficient (Wildman–Crippen LogP) is 4.07. The molecule has 0 spiro atoms. The van der Waals surface area contributed by atoms with Crippen LogP contribution in [0.15, 0.2) is 71.8 Å². The number of carbonyl (C=O) groups excluding carboxylic acids is 1. The van der Waals surface area contributed by atoms with Gasteiger partial charge in [-0.05, 0) is 47.9 Å². The van der Waals surface area contributed by atoms with Crippen molar-refractivity contribution in [1.82, 2.24) is 5.43 Å². The second-order valence-corrected chi connectivity index (χ2v) is 5.85. The Morgan fingerprint density at radius 3 is 2.52 bits per heavy atom. The van der Waals surface area contributed by atoms with Gasteiger partial charge in [0.05, 0.1) is 5.71 Å². The molecule has 0 aromatic heterocycles. The minimum absolute atomic E-state index is 0.0701. The normalized spacial score (nSPS) is 11.4. The van der Waals surface area contributed by atoms with Gasteiger partial charge in [0.25, 0.3) is 5.91 Å². The van der Waals surface area contributed by atoms with Crippen molar-refractivity contribution in [3.8, 4) is 5.75 Å². The Labute approximate surface area is 147 Å². The first-order valence-electron chi connectivity index (χ1n) is 8.14. The van der Waals surface area contributed by atoms with Crippen LogP contribution in [0.2, 0.25) is 0 Å². The Hall–Kier alpha value is -3.14. The third kappa shape index (κ3) is 4.23. The first-order chi connectivity index (χ1) is 12.1. The fourth-order valence-electron chi connectivity index (χ4n) is 2.52. The largest absolute Gasteiger partial charge is 0.483 e. The van der Waals surface area contributed by atoms with Gasteiger partial charge in [0.15, 0.2) is 6.61 Å². The molecule has 0 aliphatic carbocycles. The number of fused-ring (bicyclic) bond motifs is 1. The van der Waals surface area contributed by atoms with E-state index in [0.29, 0.717) is 5.75 Å². The minimum Gasteiger partial charge on any atom is -0.483 e. The SMILES string of the molecule is C/C(=N/NC(=O)COc1ccccc1C)c1ccc2ccccc2c1. The van der Waals surface area contributed by atoms with Crippen molar-refractivity contribution >= 4 is 22.4 Å². The predicted molar refractivity (Wildman–Crippen MR) is 101 cm³/mol. The smallest absolute Gasteiger partial charge is 0.277 e. The molecule has 0 aliphatic heterocycles. The van der Waals surface area contributed by atoms with Gasteiger partial charge in [0, 0.05) is 0 Å². The van der Waals surface area contributed by atoms with E-state index < -0.39 is 0 Å². The molecule has 0 radical (unpaired) electrons. The summed E-state index contributed by atoms with van der Waals surface area (Å²) in [5.74, 6) is 0.413. The quantitative estimate of drug-likeness (QED) is 0.566. The van der Waals surface area contributed by atoms with Crippen LogP contribution in [0.1, 0.15) is 18.1 Å². The van der Waals surface area contributed by atoms with Crippen molar-refractivity contribution < 1.29 is 9.53 Å². The first-order valence-corrected chi connectivity index (χ1v) is 8.14. The number of ether oxygens (including phenoxy) is 1. The van der Waals surface area contributed by atoms with E-state index in [1.54, 1.807) is 0 Å². The molecule has 3 aromatic carbocycles. The first kappa shape index (κ1) is 16.7. The zero-order chi connectivity index (χ0) is 17.6. The molecule has 0 saturated carbocycles.